The number of rotatable bonds is 3. The maximum absolute atomic E-state index is 8.89. The first-order valence-corrected chi connectivity index (χ1v) is 5.63. The van der Waals surface area contributed by atoms with Crippen LogP contribution in [0.25, 0.3) is 0 Å². The Hall–Kier alpha value is -0.340. The third-order valence-electron chi connectivity index (χ3n) is 4.38. The Bertz CT molecular complexity index is 257. The van der Waals surface area contributed by atoms with Gasteiger partial charge >= 0.3 is 0 Å². The second kappa shape index (κ2) is 3.35. The molecule has 3 N–H and O–H groups in total. The number of fused-ring (bicyclic) bond motifs is 1. The number of allylic oxidation sites excluding steroid dienone is 1. The van der Waals surface area contributed by atoms with Gasteiger partial charge < -0.3 is 10.8 Å². The lowest BCUT2D eigenvalue weighted by atomic mass is 9.48. The summed E-state index contributed by atoms with van der Waals surface area (Å²) in [6, 6.07) is 0.0884. The lowest BCUT2D eigenvalue weighted by Crippen LogP contribution is -2.51. The molecule has 0 saturated heterocycles. The number of nitrogens with two attached hydrogens (primary N) is 1. The van der Waals surface area contributed by atoms with Gasteiger partial charge in [0.15, 0.2) is 0 Å². The van der Waals surface area contributed by atoms with E-state index in [1.54, 1.807) is 0 Å². The fraction of sp³-hybridized carbons (Fsp3) is 0.833. The highest BCUT2D eigenvalue weighted by Crippen LogP contribution is 2.59. The molecule has 14 heavy (non-hydrogen) atoms. The predicted molar refractivity (Wildman–Crippen MR) is 57.8 cm³/mol. The summed E-state index contributed by atoms with van der Waals surface area (Å²) in [5.74, 6) is 1.56. The van der Waals surface area contributed by atoms with Crippen molar-refractivity contribution in [3.05, 3.63) is 11.6 Å². The smallest absolute Gasteiger partial charge is 0.0448 e. The Balaban J connectivity index is 2.10. The van der Waals surface area contributed by atoms with Crippen LogP contribution in [0.5, 0.6) is 0 Å². The van der Waals surface area contributed by atoms with E-state index in [4.69, 9.17) is 10.8 Å². The molecule has 2 nitrogen and oxygen atoms in total. The van der Waals surface area contributed by atoms with Crippen LogP contribution >= 0.6 is 0 Å². The predicted octanol–water partition coefficient (Wildman–Crippen LogP) is 1.69. The second-order valence-electron chi connectivity index (χ2n) is 5.37. The topological polar surface area (TPSA) is 46.2 Å². The van der Waals surface area contributed by atoms with E-state index in [0.717, 1.165) is 5.92 Å². The third kappa shape index (κ3) is 1.32. The monoisotopic (exact) mass is 195 g/mol. The highest BCUT2D eigenvalue weighted by Gasteiger charge is 2.51. The zero-order valence-electron chi connectivity index (χ0n) is 9.16. The maximum Gasteiger partial charge on any atom is 0.0448 e. The largest absolute Gasteiger partial charge is 0.396 e. The van der Waals surface area contributed by atoms with Crippen LogP contribution in [-0.4, -0.2) is 17.8 Å². The highest BCUT2D eigenvalue weighted by atomic mass is 16.3. The zero-order valence-corrected chi connectivity index (χ0v) is 9.16. The normalized spacial score (nSPS) is 35.9. The van der Waals surface area contributed by atoms with Crippen molar-refractivity contribution in [2.24, 2.45) is 23.0 Å². The van der Waals surface area contributed by atoms with Crippen LogP contribution in [0, 0.1) is 17.3 Å². The summed E-state index contributed by atoms with van der Waals surface area (Å²) in [6.45, 7) is 4.91. The van der Waals surface area contributed by atoms with E-state index in [9.17, 15) is 0 Å². The number of aliphatic hydroxyl groups is 1. The Morgan fingerprint density at radius 3 is 2.86 bits per heavy atom. The SMILES string of the molecule is CC1(C)C2CC=C(C(N)CCO)C1C2. The van der Waals surface area contributed by atoms with Gasteiger partial charge in [-0.05, 0) is 36.5 Å². The van der Waals surface area contributed by atoms with Crippen molar-refractivity contribution < 1.29 is 5.11 Å². The van der Waals surface area contributed by atoms with Gasteiger partial charge in [0.25, 0.3) is 0 Å². The van der Waals surface area contributed by atoms with Crippen molar-refractivity contribution in [1.82, 2.24) is 0 Å². The van der Waals surface area contributed by atoms with Gasteiger partial charge in [0.05, 0.1) is 0 Å². The number of hydrogen-bond acceptors (Lipinski definition) is 2. The van der Waals surface area contributed by atoms with Crippen LogP contribution < -0.4 is 5.73 Å². The van der Waals surface area contributed by atoms with Crippen molar-refractivity contribution >= 4 is 0 Å². The van der Waals surface area contributed by atoms with Crippen LogP contribution in [0.1, 0.15) is 33.1 Å². The lowest BCUT2D eigenvalue weighted by Gasteiger charge is -2.57. The number of hydrogen-bond donors (Lipinski definition) is 2. The van der Waals surface area contributed by atoms with E-state index < -0.39 is 0 Å². The first kappa shape index (κ1) is 10.2. The minimum atomic E-state index is 0.0884. The van der Waals surface area contributed by atoms with Gasteiger partial charge in [-0.2, -0.15) is 0 Å². The minimum Gasteiger partial charge on any atom is -0.396 e. The molecule has 0 spiro atoms. The first-order chi connectivity index (χ1) is 6.57. The zero-order chi connectivity index (χ0) is 10.3. The van der Waals surface area contributed by atoms with Gasteiger partial charge in [0.1, 0.15) is 0 Å². The third-order valence-corrected chi connectivity index (χ3v) is 4.38. The first-order valence-electron chi connectivity index (χ1n) is 5.63. The van der Waals surface area contributed by atoms with Gasteiger partial charge in [-0.1, -0.05) is 25.5 Å². The minimum absolute atomic E-state index is 0.0884. The summed E-state index contributed by atoms with van der Waals surface area (Å²) >= 11 is 0. The molecule has 0 heterocycles. The molecule has 3 aliphatic rings. The fourth-order valence-electron chi connectivity index (χ4n) is 3.12. The van der Waals surface area contributed by atoms with E-state index in [1.807, 2.05) is 0 Å². The summed E-state index contributed by atoms with van der Waals surface area (Å²) in [5, 5.41) is 8.89. The van der Waals surface area contributed by atoms with Crippen molar-refractivity contribution in [3.8, 4) is 0 Å². The molecule has 0 aromatic rings. The molecular weight excluding hydrogens is 174 g/mol. The molecule has 3 aliphatic carbocycles. The van der Waals surface area contributed by atoms with Crippen LogP contribution in [0.15, 0.2) is 11.6 Å². The summed E-state index contributed by atoms with van der Waals surface area (Å²) in [5.41, 5.74) is 7.93. The Morgan fingerprint density at radius 2 is 2.36 bits per heavy atom. The molecule has 0 amide bonds. The summed E-state index contributed by atoms with van der Waals surface area (Å²) < 4.78 is 0. The molecular formula is C12H21NO. The molecule has 3 rings (SSSR count). The van der Waals surface area contributed by atoms with E-state index in [0.29, 0.717) is 17.8 Å². The van der Waals surface area contributed by atoms with Crippen LogP contribution in [0.3, 0.4) is 0 Å². The molecule has 0 aliphatic heterocycles. The molecule has 1 saturated carbocycles. The molecule has 2 heteroatoms. The van der Waals surface area contributed by atoms with Crippen molar-refractivity contribution in [3.63, 3.8) is 0 Å². The van der Waals surface area contributed by atoms with E-state index in [1.165, 1.54) is 18.4 Å². The summed E-state index contributed by atoms with van der Waals surface area (Å²) in [7, 11) is 0. The van der Waals surface area contributed by atoms with Gasteiger partial charge in [-0.25, -0.2) is 0 Å². The van der Waals surface area contributed by atoms with Crippen LogP contribution in [-0.2, 0) is 0 Å². The Labute approximate surface area is 86.2 Å². The molecule has 1 fully saturated rings. The molecule has 0 aromatic carbocycles. The molecule has 0 radical (unpaired) electrons. The highest BCUT2D eigenvalue weighted by molar-refractivity contribution is 5.27. The standard InChI is InChI=1S/C12H21NO/c1-12(2)8-3-4-9(10(12)7-8)11(13)5-6-14/h4,8,10-11,14H,3,5-7,13H2,1-2H3. The van der Waals surface area contributed by atoms with Crippen molar-refractivity contribution in [2.45, 2.75) is 39.2 Å². The van der Waals surface area contributed by atoms with Gasteiger partial charge in [-0.15, -0.1) is 0 Å². The molecule has 0 aromatic heterocycles. The average Bonchev–Trinajstić information content (AvgIpc) is 2.18. The summed E-state index contributed by atoms with van der Waals surface area (Å²) in [4.78, 5) is 0. The lowest BCUT2D eigenvalue weighted by molar-refractivity contribution is -0.0104. The number of aliphatic hydroxyl groups excluding tert-OH is 1. The fourth-order valence-corrected chi connectivity index (χ4v) is 3.12. The molecule has 3 atom stereocenters. The van der Waals surface area contributed by atoms with E-state index >= 15 is 0 Å². The van der Waals surface area contributed by atoms with Gasteiger partial charge in [0, 0.05) is 12.6 Å². The Kier molecular flexibility index (Phi) is 2.44. The van der Waals surface area contributed by atoms with Crippen molar-refractivity contribution in [1.29, 1.82) is 0 Å². The van der Waals surface area contributed by atoms with Crippen LogP contribution in [0.4, 0.5) is 0 Å². The average molecular weight is 195 g/mol. The van der Waals surface area contributed by atoms with E-state index in [-0.39, 0.29) is 12.6 Å². The quantitative estimate of drug-likeness (QED) is 0.673. The van der Waals surface area contributed by atoms with Crippen LogP contribution in [0.2, 0.25) is 0 Å². The maximum atomic E-state index is 8.89. The Morgan fingerprint density at radius 1 is 1.64 bits per heavy atom. The van der Waals surface area contributed by atoms with E-state index in [2.05, 4.69) is 19.9 Å². The summed E-state index contributed by atoms with van der Waals surface area (Å²) in [6.07, 6.45) is 5.55. The molecule has 3 unspecified atom stereocenters. The second-order valence-corrected chi connectivity index (χ2v) is 5.37. The van der Waals surface area contributed by atoms with Gasteiger partial charge in [0.2, 0.25) is 0 Å². The molecule has 2 bridgehead atoms. The van der Waals surface area contributed by atoms with Gasteiger partial charge in [-0.3, -0.25) is 0 Å². The molecule has 80 valence electrons. The van der Waals surface area contributed by atoms with Crippen molar-refractivity contribution in [2.75, 3.05) is 6.61 Å².